The quantitative estimate of drug-likeness (QED) is 0.194. The molecule has 6 nitrogen and oxygen atoms in total. The first kappa shape index (κ1) is 15.1. The van der Waals surface area contributed by atoms with Crippen molar-refractivity contribution in [1.29, 1.82) is 0 Å². The monoisotopic (exact) mass is 328 g/mol. The zero-order chi connectivity index (χ0) is 16.6. The fourth-order valence-electron chi connectivity index (χ4n) is 2.45. The van der Waals surface area contributed by atoms with Crippen LogP contribution in [0.1, 0.15) is 26.4 Å². The van der Waals surface area contributed by atoms with Gasteiger partial charge in [0, 0.05) is 21.6 Å². The molecule has 116 valence electrons. The molecule has 0 saturated carbocycles. The number of hydrogen-bond acceptors (Lipinski definition) is 4. The molecule has 0 atom stereocenters. The third-order valence-electron chi connectivity index (χ3n) is 3.53. The van der Waals surface area contributed by atoms with Gasteiger partial charge in [0.25, 0.3) is 5.91 Å². The molecule has 2 aromatic carbocycles. The summed E-state index contributed by atoms with van der Waals surface area (Å²) < 4.78 is 0. The Hall–Kier alpha value is -2.83. The Labute approximate surface area is 136 Å². The van der Waals surface area contributed by atoms with E-state index in [-0.39, 0.29) is 16.8 Å². The lowest BCUT2D eigenvalue weighted by atomic mass is 9.99. The Morgan fingerprint density at radius 2 is 1.91 bits per heavy atom. The summed E-state index contributed by atoms with van der Waals surface area (Å²) in [4.78, 5) is 27.7. The second kappa shape index (κ2) is 5.75. The number of rotatable bonds is 3. The second-order valence-electron chi connectivity index (χ2n) is 4.99. The highest BCUT2D eigenvalue weighted by atomic mass is 35.5. The van der Waals surface area contributed by atoms with Gasteiger partial charge in [0.05, 0.1) is 16.8 Å². The number of H-pyrrole nitrogens is 1. The van der Waals surface area contributed by atoms with E-state index in [1.54, 1.807) is 36.4 Å². The van der Waals surface area contributed by atoms with E-state index in [1.807, 2.05) is 5.43 Å². The van der Waals surface area contributed by atoms with Gasteiger partial charge in [0.15, 0.2) is 0 Å². The van der Waals surface area contributed by atoms with Gasteiger partial charge in [-0.25, -0.2) is 5.84 Å². The van der Waals surface area contributed by atoms with Gasteiger partial charge in [0.2, 0.25) is 5.78 Å². The maximum Gasteiger partial charge on any atom is 0.266 e. The lowest BCUT2D eigenvalue weighted by Gasteiger charge is -2.09. The van der Waals surface area contributed by atoms with Gasteiger partial charge in [-0.05, 0) is 36.4 Å². The molecule has 3 rings (SSSR count). The first-order chi connectivity index (χ1) is 11.0. The van der Waals surface area contributed by atoms with Crippen LogP contribution in [0.25, 0.3) is 10.9 Å². The van der Waals surface area contributed by atoms with Crippen LogP contribution in [0.3, 0.4) is 0 Å². The number of nitrogens with one attached hydrogen (secondary N) is 2. The molecule has 1 aromatic heterocycles. The van der Waals surface area contributed by atoms with E-state index in [0.717, 1.165) is 10.9 Å². The highest BCUT2D eigenvalue weighted by molar-refractivity contribution is 6.31. The highest BCUT2D eigenvalue weighted by Crippen LogP contribution is 2.25. The van der Waals surface area contributed by atoms with E-state index in [9.17, 15) is 9.59 Å². The van der Waals surface area contributed by atoms with Crippen molar-refractivity contribution >= 4 is 39.9 Å². The molecule has 0 aliphatic rings. The minimum absolute atomic E-state index is 0.105. The number of nitrogens with two attached hydrogens (primary N) is 2. The number of hydrogen-bond donors (Lipinski definition) is 4. The fraction of sp³-hybridized carbons (Fsp3) is 0. The van der Waals surface area contributed by atoms with Crippen molar-refractivity contribution in [2.75, 3.05) is 5.73 Å². The van der Waals surface area contributed by atoms with Gasteiger partial charge >= 0.3 is 0 Å². The van der Waals surface area contributed by atoms with Gasteiger partial charge in [-0.3, -0.25) is 15.0 Å². The van der Waals surface area contributed by atoms with Crippen LogP contribution in [0.5, 0.6) is 0 Å². The lowest BCUT2D eigenvalue weighted by Crippen LogP contribution is -2.31. The van der Waals surface area contributed by atoms with Crippen LogP contribution in [0, 0.1) is 0 Å². The molecule has 0 spiro atoms. The Morgan fingerprint density at radius 1 is 1.13 bits per heavy atom. The summed E-state index contributed by atoms with van der Waals surface area (Å²) in [5, 5.41) is 1.36. The van der Waals surface area contributed by atoms with Crippen LogP contribution in [0.2, 0.25) is 5.02 Å². The van der Waals surface area contributed by atoms with E-state index in [1.165, 1.54) is 6.07 Å². The molecule has 3 aromatic rings. The van der Waals surface area contributed by atoms with Gasteiger partial charge in [-0.1, -0.05) is 17.7 Å². The van der Waals surface area contributed by atoms with Crippen molar-refractivity contribution in [3.63, 3.8) is 0 Å². The number of halogens is 1. The molecule has 7 heteroatoms. The second-order valence-corrected chi connectivity index (χ2v) is 5.42. The smallest absolute Gasteiger partial charge is 0.266 e. The molecule has 23 heavy (non-hydrogen) atoms. The minimum atomic E-state index is -0.584. The zero-order valence-electron chi connectivity index (χ0n) is 11.9. The number of anilines is 1. The number of aromatic amines is 1. The van der Waals surface area contributed by atoms with Crippen LogP contribution >= 0.6 is 11.6 Å². The third-order valence-corrected chi connectivity index (χ3v) is 3.76. The van der Waals surface area contributed by atoms with Gasteiger partial charge < -0.3 is 10.7 Å². The molecular formula is C16H13ClN4O2. The number of carbonyl (C=O) groups is 2. The highest BCUT2D eigenvalue weighted by Gasteiger charge is 2.22. The Balaban J connectivity index is 2.14. The number of aromatic nitrogens is 1. The average Bonchev–Trinajstić information content (AvgIpc) is 2.96. The predicted molar refractivity (Wildman–Crippen MR) is 89.2 cm³/mol. The number of carbonyl (C=O) groups excluding carboxylic acids is 2. The molecule has 0 bridgehead atoms. The Morgan fingerprint density at radius 3 is 2.65 bits per heavy atom. The molecule has 1 amide bonds. The summed E-state index contributed by atoms with van der Waals surface area (Å²) >= 11 is 5.95. The fourth-order valence-corrected chi connectivity index (χ4v) is 2.63. The lowest BCUT2D eigenvalue weighted by molar-refractivity contribution is 0.0942. The molecule has 0 fully saturated rings. The van der Waals surface area contributed by atoms with Crippen molar-refractivity contribution in [1.82, 2.24) is 10.4 Å². The largest absolute Gasteiger partial charge is 0.398 e. The summed E-state index contributed by atoms with van der Waals surface area (Å²) in [5.74, 6) is 4.19. The van der Waals surface area contributed by atoms with Crippen molar-refractivity contribution in [3.05, 3.63) is 64.3 Å². The first-order valence-electron chi connectivity index (χ1n) is 6.73. The van der Waals surface area contributed by atoms with Crippen LogP contribution in [-0.2, 0) is 0 Å². The first-order valence-corrected chi connectivity index (χ1v) is 7.11. The predicted octanol–water partition coefficient (Wildman–Crippen LogP) is 2.24. The van der Waals surface area contributed by atoms with Crippen molar-refractivity contribution in [3.8, 4) is 0 Å². The van der Waals surface area contributed by atoms with Crippen molar-refractivity contribution in [2.45, 2.75) is 0 Å². The van der Waals surface area contributed by atoms with E-state index in [4.69, 9.17) is 23.2 Å². The molecule has 0 aliphatic carbocycles. The maximum atomic E-state index is 12.8. The number of benzene rings is 2. The SMILES string of the molecule is NNC(=O)c1cccc(N)c1C(=O)c1cc2cc(Cl)ccc2[nH]1. The Bertz CT molecular complexity index is 933. The molecule has 1 heterocycles. The summed E-state index contributed by atoms with van der Waals surface area (Å²) in [6.07, 6.45) is 0. The molecular weight excluding hydrogens is 316 g/mol. The standard InChI is InChI=1S/C16H13ClN4O2/c17-9-4-5-12-8(6-9)7-13(20-12)15(22)14-10(16(23)21-19)2-1-3-11(14)18/h1-7,20H,18-19H2,(H,21,23). The van der Waals surface area contributed by atoms with Crippen LogP contribution < -0.4 is 17.0 Å². The summed E-state index contributed by atoms with van der Waals surface area (Å²) in [5.41, 5.74) is 9.41. The molecule has 0 aliphatic heterocycles. The minimum Gasteiger partial charge on any atom is -0.398 e. The zero-order valence-corrected chi connectivity index (χ0v) is 12.6. The number of amides is 1. The number of fused-ring (bicyclic) bond motifs is 1. The van der Waals surface area contributed by atoms with Gasteiger partial charge in [-0.15, -0.1) is 0 Å². The summed E-state index contributed by atoms with van der Waals surface area (Å²) in [6.45, 7) is 0. The number of ketones is 1. The average molecular weight is 329 g/mol. The summed E-state index contributed by atoms with van der Waals surface area (Å²) in [7, 11) is 0. The van der Waals surface area contributed by atoms with Crippen molar-refractivity contribution < 1.29 is 9.59 Å². The summed E-state index contributed by atoms with van der Waals surface area (Å²) in [6, 6.07) is 11.5. The van der Waals surface area contributed by atoms with E-state index in [2.05, 4.69) is 4.98 Å². The number of hydrazine groups is 1. The van der Waals surface area contributed by atoms with E-state index >= 15 is 0 Å². The Kier molecular flexibility index (Phi) is 3.77. The van der Waals surface area contributed by atoms with E-state index < -0.39 is 11.7 Å². The molecule has 0 saturated heterocycles. The topological polar surface area (TPSA) is 114 Å². The molecule has 6 N–H and O–H groups in total. The normalized spacial score (nSPS) is 10.7. The van der Waals surface area contributed by atoms with Crippen LogP contribution in [-0.4, -0.2) is 16.7 Å². The number of nitrogen functional groups attached to an aromatic ring is 2. The van der Waals surface area contributed by atoms with E-state index in [0.29, 0.717) is 10.7 Å². The molecule has 0 radical (unpaired) electrons. The van der Waals surface area contributed by atoms with Crippen molar-refractivity contribution in [2.24, 2.45) is 5.84 Å². The van der Waals surface area contributed by atoms with Gasteiger partial charge in [-0.2, -0.15) is 0 Å². The van der Waals surface area contributed by atoms with Crippen LogP contribution in [0.15, 0.2) is 42.5 Å². The molecule has 0 unspecified atom stereocenters. The third kappa shape index (κ3) is 2.65. The van der Waals surface area contributed by atoms with Gasteiger partial charge in [0.1, 0.15) is 0 Å². The maximum absolute atomic E-state index is 12.8. The van der Waals surface area contributed by atoms with Crippen LogP contribution in [0.4, 0.5) is 5.69 Å².